The first-order valence-corrected chi connectivity index (χ1v) is 11.4. The van der Waals surface area contributed by atoms with Gasteiger partial charge in [0, 0.05) is 16.2 Å². The topological polar surface area (TPSA) is 66.1 Å². The van der Waals surface area contributed by atoms with Crippen molar-refractivity contribution in [1.82, 2.24) is 9.97 Å². The van der Waals surface area contributed by atoms with E-state index in [-0.39, 0.29) is 17.4 Å². The van der Waals surface area contributed by atoms with Crippen LogP contribution in [0.25, 0.3) is 10.2 Å². The Bertz CT molecular complexity index is 1280. The van der Waals surface area contributed by atoms with Crippen molar-refractivity contribution in [3.63, 3.8) is 0 Å². The number of para-hydroxylation sites is 1. The number of H-pyrrole nitrogens is 1. The minimum atomic E-state index is -2.53. The number of alkyl halides is 2. The van der Waals surface area contributed by atoms with E-state index < -0.39 is 5.76 Å². The molecule has 0 bridgehead atoms. The first-order chi connectivity index (χ1) is 15.3. The molecular formula is C23H19F2N3O2S2. The van der Waals surface area contributed by atoms with Crippen LogP contribution in [0.15, 0.2) is 53.4 Å². The minimum Gasteiger partial charge on any atom is -0.354 e. The summed E-state index contributed by atoms with van der Waals surface area (Å²) in [5.74, 6) is -3.04. The number of ketones is 1. The zero-order chi connectivity index (χ0) is 23.0. The van der Waals surface area contributed by atoms with Crippen molar-refractivity contribution < 1.29 is 18.4 Å². The van der Waals surface area contributed by atoms with Crippen molar-refractivity contribution >= 4 is 55.8 Å². The molecule has 2 aromatic heterocycles. The molecule has 0 spiro atoms. The summed E-state index contributed by atoms with van der Waals surface area (Å²) in [5.41, 5.74) is 3.20. The lowest BCUT2D eigenvalue weighted by molar-refractivity contribution is 0.0993. The zero-order valence-corrected chi connectivity index (χ0v) is 19.1. The monoisotopic (exact) mass is 471 g/mol. The maximum atomic E-state index is 13.7. The highest BCUT2D eigenvalue weighted by atomic mass is 32.2. The Morgan fingerprint density at radius 1 is 1.09 bits per heavy atom. The number of anilines is 2. The van der Waals surface area contributed by atoms with E-state index in [1.807, 2.05) is 24.3 Å². The van der Waals surface area contributed by atoms with Crippen LogP contribution in [0.4, 0.5) is 19.6 Å². The van der Waals surface area contributed by atoms with Crippen molar-refractivity contribution in [3.8, 4) is 0 Å². The molecule has 0 saturated heterocycles. The van der Waals surface area contributed by atoms with Crippen molar-refractivity contribution in [2.45, 2.75) is 31.4 Å². The largest absolute Gasteiger partial charge is 0.354 e. The second-order valence-electron chi connectivity index (χ2n) is 7.16. The molecule has 1 amide bonds. The third kappa shape index (κ3) is 4.18. The van der Waals surface area contributed by atoms with E-state index in [2.05, 4.69) is 9.97 Å². The highest BCUT2D eigenvalue weighted by Crippen LogP contribution is 2.36. The number of aryl methyl sites for hydroxylation is 1. The second-order valence-corrected chi connectivity index (χ2v) is 9.23. The summed E-state index contributed by atoms with van der Waals surface area (Å²) in [6, 6.07) is 13.9. The molecule has 4 rings (SSSR count). The van der Waals surface area contributed by atoms with Gasteiger partial charge in [-0.1, -0.05) is 35.2 Å². The number of benzene rings is 2. The molecule has 0 atom stereocenters. The van der Waals surface area contributed by atoms with Gasteiger partial charge in [0.2, 0.25) is 0 Å². The molecule has 0 aliphatic carbocycles. The molecular weight excluding hydrogens is 452 g/mol. The predicted molar refractivity (Wildman–Crippen MR) is 125 cm³/mol. The molecule has 0 radical (unpaired) electrons. The third-order valence-corrected chi connectivity index (χ3v) is 6.74. The SMILES string of the molecule is CC(=O)c1c(C)[nH]c(C(=O)N(c2ccc(SC(F)F)cc2)c2nc3ccccc3s2)c1C. The Kier molecular flexibility index (Phi) is 6.12. The fourth-order valence-corrected chi connectivity index (χ4v) is 5.13. The van der Waals surface area contributed by atoms with Gasteiger partial charge in [-0.25, -0.2) is 4.98 Å². The highest BCUT2D eigenvalue weighted by molar-refractivity contribution is 7.99. The maximum Gasteiger partial charge on any atom is 0.288 e. The van der Waals surface area contributed by atoms with Gasteiger partial charge in [-0.3, -0.25) is 14.5 Å². The van der Waals surface area contributed by atoms with Gasteiger partial charge in [-0.15, -0.1) is 0 Å². The molecule has 1 N–H and O–H groups in total. The van der Waals surface area contributed by atoms with Crippen molar-refractivity contribution in [1.29, 1.82) is 0 Å². The normalized spacial score (nSPS) is 11.3. The second kappa shape index (κ2) is 8.84. The van der Waals surface area contributed by atoms with Gasteiger partial charge in [-0.05, 0) is 62.7 Å². The molecule has 4 aromatic rings. The van der Waals surface area contributed by atoms with Crippen molar-refractivity contribution in [3.05, 3.63) is 71.0 Å². The first-order valence-electron chi connectivity index (χ1n) is 9.71. The van der Waals surface area contributed by atoms with E-state index in [1.165, 1.54) is 23.2 Å². The molecule has 5 nitrogen and oxygen atoms in total. The number of fused-ring (bicyclic) bond motifs is 1. The van der Waals surface area contributed by atoms with Gasteiger partial charge in [-0.2, -0.15) is 8.78 Å². The van der Waals surface area contributed by atoms with E-state index >= 15 is 0 Å². The van der Waals surface area contributed by atoms with Crippen LogP contribution in [0.2, 0.25) is 0 Å². The van der Waals surface area contributed by atoms with Gasteiger partial charge in [0.05, 0.1) is 15.9 Å². The van der Waals surface area contributed by atoms with E-state index in [0.29, 0.717) is 44.3 Å². The average Bonchev–Trinajstić information content (AvgIpc) is 3.29. The van der Waals surface area contributed by atoms with Crippen LogP contribution in [0.1, 0.15) is 39.0 Å². The Morgan fingerprint density at radius 2 is 1.78 bits per heavy atom. The van der Waals surface area contributed by atoms with Crippen molar-refractivity contribution in [2.75, 3.05) is 4.90 Å². The quantitative estimate of drug-likeness (QED) is 0.250. The predicted octanol–water partition coefficient (Wildman–Crippen LogP) is 6.74. The molecule has 164 valence electrons. The number of thiazole rings is 1. The van der Waals surface area contributed by atoms with Gasteiger partial charge < -0.3 is 4.98 Å². The standard InChI is InChI=1S/C23H19F2N3O2S2/c1-12-19(14(3)29)13(2)26-20(12)21(30)28(15-8-10-16(11-9-15)31-22(24)25)23-27-17-6-4-5-7-18(17)32-23/h4-11,22,26H,1-3H3. The lowest BCUT2D eigenvalue weighted by Gasteiger charge is -2.20. The van der Waals surface area contributed by atoms with E-state index in [9.17, 15) is 18.4 Å². The number of nitrogens with one attached hydrogen (secondary N) is 1. The number of aromatic nitrogens is 2. The summed E-state index contributed by atoms with van der Waals surface area (Å²) in [7, 11) is 0. The number of carbonyl (C=O) groups is 2. The Morgan fingerprint density at radius 3 is 2.38 bits per heavy atom. The lowest BCUT2D eigenvalue weighted by Crippen LogP contribution is -2.27. The zero-order valence-electron chi connectivity index (χ0n) is 17.5. The van der Waals surface area contributed by atoms with Crippen molar-refractivity contribution in [2.24, 2.45) is 0 Å². The van der Waals surface area contributed by atoms with Gasteiger partial charge >= 0.3 is 0 Å². The number of halogens is 2. The van der Waals surface area contributed by atoms with E-state index in [0.717, 1.165) is 10.2 Å². The number of nitrogens with zero attached hydrogens (tertiary/aromatic N) is 2. The van der Waals surface area contributed by atoms with Gasteiger partial charge in [0.25, 0.3) is 11.7 Å². The van der Waals surface area contributed by atoms with Crippen LogP contribution in [-0.4, -0.2) is 27.4 Å². The Balaban J connectivity index is 1.83. The first kappa shape index (κ1) is 22.2. The molecule has 32 heavy (non-hydrogen) atoms. The fourth-order valence-electron chi connectivity index (χ4n) is 3.65. The molecule has 9 heteroatoms. The van der Waals surface area contributed by atoms with Crippen LogP contribution in [0.3, 0.4) is 0 Å². The lowest BCUT2D eigenvalue weighted by atomic mass is 10.1. The number of hydrogen-bond acceptors (Lipinski definition) is 5. The van der Waals surface area contributed by atoms with Crippen LogP contribution in [0, 0.1) is 13.8 Å². The van der Waals surface area contributed by atoms with E-state index in [1.54, 1.807) is 38.1 Å². The number of amides is 1. The van der Waals surface area contributed by atoms with Crippen LogP contribution in [-0.2, 0) is 0 Å². The van der Waals surface area contributed by atoms with E-state index in [4.69, 9.17) is 0 Å². The summed E-state index contributed by atoms with van der Waals surface area (Å²) in [6.07, 6.45) is 0. The number of Topliss-reactive ketones (excluding diaryl/α,β-unsaturated/α-hetero) is 1. The number of thioether (sulfide) groups is 1. The molecule has 2 aromatic carbocycles. The maximum absolute atomic E-state index is 13.7. The Labute approximate surface area is 191 Å². The fraction of sp³-hybridized carbons (Fsp3) is 0.174. The minimum absolute atomic E-state index is 0.129. The van der Waals surface area contributed by atoms with Gasteiger partial charge in [0.15, 0.2) is 10.9 Å². The molecule has 0 fully saturated rings. The molecule has 0 aliphatic heterocycles. The highest BCUT2D eigenvalue weighted by Gasteiger charge is 2.28. The summed E-state index contributed by atoms with van der Waals surface area (Å²) >= 11 is 1.79. The molecule has 0 saturated carbocycles. The van der Waals surface area contributed by atoms with Gasteiger partial charge in [0.1, 0.15) is 5.69 Å². The number of hydrogen-bond donors (Lipinski definition) is 1. The summed E-state index contributed by atoms with van der Waals surface area (Å²) in [6.45, 7) is 4.94. The molecule has 0 unspecified atom stereocenters. The average molecular weight is 472 g/mol. The van der Waals surface area contributed by atoms with Crippen LogP contribution >= 0.6 is 23.1 Å². The molecule has 0 aliphatic rings. The molecule has 2 heterocycles. The number of aromatic amines is 1. The van der Waals surface area contributed by atoms with Crippen LogP contribution in [0.5, 0.6) is 0 Å². The number of rotatable bonds is 6. The summed E-state index contributed by atoms with van der Waals surface area (Å²) in [4.78, 5) is 35.3. The number of carbonyl (C=O) groups excluding carboxylic acids is 2. The van der Waals surface area contributed by atoms with Crippen LogP contribution < -0.4 is 4.90 Å². The smallest absolute Gasteiger partial charge is 0.288 e. The third-order valence-electron chi connectivity index (χ3n) is 5.00. The Hall–Kier alpha value is -3.04. The summed E-state index contributed by atoms with van der Waals surface area (Å²) in [5, 5.41) is 0.446. The summed E-state index contributed by atoms with van der Waals surface area (Å²) < 4.78 is 26.4.